The molecule has 2 aromatic rings. The Morgan fingerprint density at radius 2 is 2.11 bits per heavy atom. The number of benzene rings is 1. The molecule has 0 aliphatic carbocycles. The molecule has 1 heterocycles. The Labute approximate surface area is 116 Å². The largest absolute Gasteiger partial charge is 0.395 e. The summed E-state index contributed by atoms with van der Waals surface area (Å²) in [5, 5.41) is 20.7. The van der Waals surface area contributed by atoms with Crippen molar-refractivity contribution in [3.63, 3.8) is 0 Å². The molecule has 0 amide bonds. The van der Waals surface area contributed by atoms with Crippen molar-refractivity contribution in [1.29, 1.82) is 0 Å². The van der Waals surface area contributed by atoms with E-state index in [2.05, 4.69) is 27.4 Å². The zero-order valence-electron chi connectivity index (χ0n) is 10.6. The fourth-order valence-electron chi connectivity index (χ4n) is 1.40. The Morgan fingerprint density at radius 3 is 2.74 bits per heavy atom. The van der Waals surface area contributed by atoms with Crippen LogP contribution < -0.4 is 0 Å². The highest BCUT2D eigenvalue weighted by atomic mass is 32.2. The third kappa shape index (κ3) is 4.09. The lowest BCUT2D eigenvalue weighted by Crippen LogP contribution is -1.93. The van der Waals surface area contributed by atoms with Crippen LogP contribution >= 0.6 is 11.8 Å². The molecule has 5 nitrogen and oxygen atoms in total. The predicted octanol–water partition coefficient (Wildman–Crippen LogP) is 1.24. The SMILES string of the molecule is Cn1nnnc1SCc1ccc(C#CCCO)cc1. The molecule has 0 aliphatic rings. The summed E-state index contributed by atoms with van der Waals surface area (Å²) in [6.45, 7) is 0.105. The standard InChI is InChI=1S/C13H14N4OS/c1-17-13(14-15-16-17)19-10-12-7-5-11(6-8-12)4-2-3-9-18/h5-8,18H,3,9-10H2,1H3. The van der Waals surface area contributed by atoms with Crippen molar-refractivity contribution in [1.82, 2.24) is 20.2 Å². The maximum absolute atomic E-state index is 8.65. The Balaban J connectivity index is 1.92. The summed E-state index contributed by atoms with van der Waals surface area (Å²) < 4.78 is 1.65. The smallest absolute Gasteiger partial charge is 0.209 e. The molecule has 0 aliphatic heterocycles. The van der Waals surface area contributed by atoms with Crippen LogP contribution in [0.5, 0.6) is 0 Å². The zero-order valence-corrected chi connectivity index (χ0v) is 11.4. The highest BCUT2D eigenvalue weighted by Crippen LogP contribution is 2.19. The molecular formula is C13H14N4OS. The topological polar surface area (TPSA) is 63.8 Å². The highest BCUT2D eigenvalue weighted by Gasteiger charge is 2.03. The maximum Gasteiger partial charge on any atom is 0.209 e. The second-order valence-electron chi connectivity index (χ2n) is 3.85. The van der Waals surface area contributed by atoms with Crippen LogP contribution in [0, 0.1) is 11.8 Å². The summed E-state index contributed by atoms with van der Waals surface area (Å²) in [6, 6.07) is 8.05. The van der Waals surface area contributed by atoms with Crippen LogP contribution in [0.25, 0.3) is 0 Å². The summed E-state index contributed by atoms with van der Waals surface area (Å²) >= 11 is 1.59. The van der Waals surface area contributed by atoms with Crippen molar-refractivity contribution in [2.45, 2.75) is 17.3 Å². The predicted molar refractivity (Wildman–Crippen MR) is 73.4 cm³/mol. The van der Waals surface area contributed by atoms with Crippen LogP contribution in [0.4, 0.5) is 0 Å². The van der Waals surface area contributed by atoms with Gasteiger partial charge in [-0.1, -0.05) is 35.7 Å². The number of nitrogens with zero attached hydrogens (tertiary/aromatic N) is 4. The number of rotatable bonds is 4. The number of aryl methyl sites for hydroxylation is 1. The van der Waals surface area contributed by atoms with Gasteiger partial charge in [-0.2, -0.15) is 0 Å². The monoisotopic (exact) mass is 274 g/mol. The second kappa shape index (κ2) is 6.92. The zero-order chi connectivity index (χ0) is 13.5. The number of aromatic nitrogens is 4. The second-order valence-corrected chi connectivity index (χ2v) is 4.79. The van der Waals surface area contributed by atoms with E-state index in [-0.39, 0.29) is 6.61 Å². The van der Waals surface area contributed by atoms with Gasteiger partial charge in [0.15, 0.2) is 0 Å². The molecule has 0 saturated carbocycles. The van der Waals surface area contributed by atoms with Gasteiger partial charge < -0.3 is 5.11 Å². The van der Waals surface area contributed by atoms with Crippen molar-refractivity contribution in [3.05, 3.63) is 35.4 Å². The Bertz CT molecular complexity index is 583. The molecule has 0 radical (unpaired) electrons. The molecule has 1 N–H and O–H groups in total. The van der Waals surface area contributed by atoms with E-state index in [1.165, 1.54) is 5.56 Å². The van der Waals surface area contributed by atoms with Crippen molar-refractivity contribution in [2.75, 3.05) is 6.61 Å². The molecule has 0 fully saturated rings. The summed E-state index contributed by atoms with van der Waals surface area (Å²) in [5.41, 5.74) is 2.16. The first-order chi connectivity index (χ1) is 9.29. The van der Waals surface area contributed by atoms with Crippen molar-refractivity contribution >= 4 is 11.8 Å². The fraction of sp³-hybridized carbons (Fsp3) is 0.308. The van der Waals surface area contributed by atoms with Crippen LogP contribution in [0.15, 0.2) is 29.4 Å². The lowest BCUT2D eigenvalue weighted by molar-refractivity contribution is 0.305. The summed E-state index contributed by atoms with van der Waals surface area (Å²) in [6.07, 6.45) is 0.511. The van der Waals surface area contributed by atoms with Gasteiger partial charge in [0.2, 0.25) is 5.16 Å². The first-order valence-electron chi connectivity index (χ1n) is 5.83. The molecule has 98 valence electrons. The molecule has 19 heavy (non-hydrogen) atoms. The van der Waals surface area contributed by atoms with E-state index in [0.717, 1.165) is 16.5 Å². The third-order valence-corrected chi connectivity index (χ3v) is 3.45. The van der Waals surface area contributed by atoms with Gasteiger partial charge in [-0.25, -0.2) is 4.68 Å². The number of thioether (sulfide) groups is 1. The average Bonchev–Trinajstić information content (AvgIpc) is 2.84. The van der Waals surface area contributed by atoms with Crippen LogP contribution in [-0.2, 0) is 12.8 Å². The lowest BCUT2D eigenvalue weighted by atomic mass is 10.1. The molecule has 0 saturated heterocycles. The van der Waals surface area contributed by atoms with Gasteiger partial charge in [0.1, 0.15) is 0 Å². The number of aliphatic hydroxyl groups is 1. The first kappa shape index (κ1) is 13.6. The highest BCUT2D eigenvalue weighted by molar-refractivity contribution is 7.98. The summed E-state index contributed by atoms with van der Waals surface area (Å²) in [5.74, 6) is 6.71. The summed E-state index contributed by atoms with van der Waals surface area (Å²) in [4.78, 5) is 0. The van der Waals surface area contributed by atoms with Gasteiger partial charge >= 0.3 is 0 Å². The number of tetrazole rings is 1. The molecule has 1 aromatic heterocycles. The number of aliphatic hydroxyl groups excluding tert-OH is 1. The van der Waals surface area contributed by atoms with E-state index in [0.29, 0.717) is 6.42 Å². The van der Waals surface area contributed by atoms with E-state index in [9.17, 15) is 0 Å². The first-order valence-corrected chi connectivity index (χ1v) is 6.82. The minimum Gasteiger partial charge on any atom is -0.395 e. The molecular weight excluding hydrogens is 260 g/mol. The molecule has 0 spiro atoms. The van der Waals surface area contributed by atoms with Crippen molar-refractivity contribution in [2.24, 2.45) is 7.05 Å². The van der Waals surface area contributed by atoms with Gasteiger partial charge in [0, 0.05) is 24.8 Å². The molecule has 2 rings (SSSR count). The van der Waals surface area contributed by atoms with E-state index >= 15 is 0 Å². The molecule has 6 heteroatoms. The number of hydrogen-bond donors (Lipinski definition) is 1. The van der Waals surface area contributed by atoms with E-state index < -0.39 is 0 Å². The quantitative estimate of drug-likeness (QED) is 0.671. The number of hydrogen-bond acceptors (Lipinski definition) is 5. The molecule has 1 aromatic carbocycles. The maximum atomic E-state index is 8.65. The Kier molecular flexibility index (Phi) is 4.95. The van der Waals surface area contributed by atoms with Crippen LogP contribution in [0.2, 0.25) is 0 Å². The Hall–Kier alpha value is -1.84. The third-order valence-electron chi connectivity index (χ3n) is 2.37. The minimum atomic E-state index is 0.105. The molecule has 0 unspecified atom stereocenters. The summed E-state index contributed by atoms with van der Waals surface area (Å²) in [7, 11) is 1.82. The average molecular weight is 274 g/mol. The molecule has 0 atom stereocenters. The van der Waals surface area contributed by atoms with Gasteiger partial charge in [-0.05, 0) is 28.1 Å². The van der Waals surface area contributed by atoms with Crippen molar-refractivity contribution in [3.8, 4) is 11.8 Å². The van der Waals surface area contributed by atoms with Crippen LogP contribution in [0.1, 0.15) is 17.5 Å². The fourth-order valence-corrected chi connectivity index (χ4v) is 2.20. The normalized spacial score (nSPS) is 10.0. The van der Waals surface area contributed by atoms with E-state index in [1.807, 2.05) is 31.3 Å². The molecule has 0 bridgehead atoms. The van der Waals surface area contributed by atoms with E-state index in [1.54, 1.807) is 16.4 Å². The minimum absolute atomic E-state index is 0.105. The van der Waals surface area contributed by atoms with Crippen LogP contribution in [0.3, 0.4) is 0 Å². The van der Waals surface area contributed by atoms with Crippen LogP contribution in [-0.4, -0.2) is 31.9 Å². The van der Waals surface area contributed by atoms with Crippen molar-refractivity contribution < 1.29 is 5.11 Å². The van der Waals surface area contributed by atoms with E-state index in [4.69, 9.17) is 5.11 Å². The van der Waals surface area contributed by atoms with Gasteiger partial charge in [-0.15, -0.1) is 5.10 Å². The Morgan fingerprint density at radius 1 is 1.32 bits per heavy atom. The van der Waals surface area contributed by atoms with Gasteiger partial charge in [0.25, 0.3) is 0 Å². The lowest BCUT2D eigenvalue weighted by Gasteiger charge is -2.00. The van der Waals surface area contributed by atoms with Gasteiger partial charge in [0.05, 0.1) is 6.61 Å². The van der Waals surface area contributed by atoms with Gasteiger partial charge in [-0.3, -0.25) is 0 Å².